The number of anilines is 1. The molecular formula is C29H34FN4O9P. The standard InChI is InChI=1S/C29H34FN4O9P/c1-4-17-40-26(37)19(2)33-44(39,43-21-13-9-6-10-14-21)41-18-22-24(35)29(3,30)27(42-22)34-16-15-23(32-28(34)38)31-25(36)20-11-7-5-8-12-20/h5-16,19,22,24,27,35H,4,17-18H2,1-3H3,(H,33,39)(H,31,32,36,38)/t19-,22+,24+,27+,29+,44-/m0/s1. The van der Waals surface area contributed by atoms with Gasteiger partial charge >= 0.3 is 19.4 Å². The van der Waals surface area contributed by atoms with Crippen LogP contribution in [0.1, 0.15) is 43.8 Å². The number of halogens is 1. The van der Waals surface area contributed by atoms with Gasteiger partial charge in [0.25, 0.3) is 5.91 Å². The highest BCUT2D eigenvalue weighted by Crippen LogP contribution is 2.47. The largest absolute Gasteiger partial charge is 0.465 e. The minimum Gasteiger partial charge on any atom is -0.465 e. The fourth-order valence-electron chi connectivity index (χ4n) is 4.29. The maximum absolute atomic E-state index is 15.9. The maximum Gasteiger partial charge on any atom is 0.459 e. The Bertz CT molecular complexity index is 1540. The van der Waals surface area contributed by atoms with Crippen molar-refractivity contribution in [2.24, 2.45) is 0 Å². The lowest BCUT2D eigenvalue weighted by Gasteiger charge is -2.25. The van der Waals surface area contributed by atoms with Crippen molar-refractivity contribution in [1.29, 1.82) is 0 Å². The summed E-state index contributed by atoms with van der Waals surface area (Å²) < 4.78 is 52.3. The van der Waals surface area contributed by atoms with Gasteiger partial charge < -0.3 is 24.4 Å². The van der Waals surface area contributed by atoms with Gasteiger partial charge in [0.15, 0.2) is 11.9 Å². The number of aliphatic hydroxyl groups excluding tert-OH is 1. The second kappa shape index (κ2) is 14.2. The summed E-state index contributed by atoms with van der Waals surface area (Å²) in [7, 11) is -4.34. The molecule has 2 heterocycles. The Kier molecular flexibility index (Phi) is 10.7. The first-order chi connectivity index (χ1) is 20.9. The third-order valence-electron chi connectivity index (χ3n) is 6.61. The van der Waals surface area contributed by atoms with Crippen molar-refractivity contribution in [1.82, 2.24) is 14.6 Å². The van der Waals surface area contributed by atoms with Crippen molar-refractivity contribution < 1.29 is 42.2 Å². The van der Waals surface area contributed by atoms with Crippen LogP contribution >= 0.6 is 7.75 Å². The molecule has 0 radical (unpaired) electrons. The molecule has 1 aliphatic heterocycles. The average molecular weight is 633 g/mol. The van der Waals surface area contributed by atoms with E-state index in [2.05, 4.69) is 15.4 Å². The summed E-state index contributed by atoms with van der Waals surface area (Å²) in [5.74, 6) is -1.12. The molecule has 44 heavy (non-hydrogen) atoms. The molecule has 1 aromatic heterocycles. The van der Waals surface area contributed by atoms with E-state index in [0.717, 1.165) is 11.5 Å². The monoisotopic (exact) mass is 632 g/mol. The number of carbonyl (C=O) groups is 2. The summed E-state index contributed by atoms with van der Waals surface area (Å²) >= 11 is 0. The predicted octanol–water partition coefficient (Wildman–Crippen LogP) is 3.62. The maximum atomic E-state index is 15.9. The number of hydrogen-bond donors (Lipinski definition) is 3. The minimum absolute atomic E-state index is 0.0734. The van der Waals surface area contributed by atoms with Crippen LogP contribution in [0.15, 0.2) is 77.7 Å². The number of ether oxygens (including phenoxy) is 2. The number of amides is 1. The van der Waals surface area contributed by atoms with Crippen LogP contribution in [0.5, 0.6) is 5.75 Å². The molecule has 3 N–H and O–H groups in total. The zero-order valence-electron chi connectivity index (χ0n) is 24.3. The third kappa shape index (κ3) is 7.96. The summed E-state index contributed by atoms with van der Waals surface area (Å²) in [6.07, 6.45) is -3.17. The van der Waals surface area contributed by atoms with Crippen LogP contribution in [0, 0.1) is 0 Å². The van der Waals surface area contributed by atoms with Crippen molar-refractivity contribution in [3.63, 3.8) is 0 Å². The number of carbonyl (C=O) groups excluding carboxylic acids is 2. The first-order valence-corrected chi connectivity index (χ1v) is 15.4. The van der Waals surface area contributed by atoms with Crippen molar-refractivity contribution in [2.45, 2.75) is 57.3 Å². The van der Waals surface area contributed by atoms with Crippen molar-refractivity contribution in [3.8, 4) is 5.75 Å². The molecule has 3 aromatic rings. The van der Waals surface area contributed by atoms with E-state index < -0.39 is 62.1 Å². The number of alkyl halides is 1. The molecule has 6 atom stereocenters. The smallest absolute Gasteiger partial charge is 0.459 e. The Labute approximate surface area is 252 Å². The number of rotatable bonds is 13. The molecule has 0 bridgehead atoms. The highest BCUT2D eigenvalue weighted by atomic mass is 31.2. The highest BCUT2D eigenvalue weighted by Gasteiger charge is 2.56. The van der Waals surface area contributed by atoms with Crippen LogP contribution in [0.2, 0.25) is 0 Å². The molecule has 0 unspecified atom stereocenters. The number of aromatic nitrogens is 2. The predicted molar refractivity (Wildman–Crippen MR) is 157 cm³/mol. The van der Waals surface area contributed by atoms with Crippen molar-refractivity contribution >= 4 is 25.4 Å². The number of aliphatic hydroxyl groups is 1. The quantitative estimate of drug-likeness (QED) is 0.186. The average Bonchev–Trinajstić information content (AvgIpc) is 3.23. The number of hydrogen-bond acceptors (Lipinski definition) is 10. The van der Waals surface area contributed by atoms with Crippen LogP contribution in [0.4, 0.5) is 10.2 Å². The Morgan fingerprint density at radius 3 is 2.45 bits per heavy atom. The summed E-state index contributed by atoms with van der Waals surface area (Å²) in [6, 6.07) is 16.4. The van der Waals surface area contributed by atoms with Crippen LogP contribution < -0.4 is 20.6 Å². The molecule has 0 aliphatic carbocycles. The van der Waals surface area contributed by atoms with Gasteiger partial charge in [-0.1, -0.05) is 43.3 Å². The second-order valence-corrected chi connectivity index (χ2v) is 11.9. The number of nitrogens with zero attached hydrogens (tertiary/aromatic N) is 2. The van der Waals surface area contributed by atoms with Gasteiger partial charge in [-0.3, -0.25) is 18.7 Å². The van der Waals surface area contributed by atoms with Gasteiger partial charge in [0.1, 0.15) is 29.8 Å². The molecule has 0 spiro atoms. The summed E-state index contributed by atoms with van der Waals surface area (Å²) in [5, 5.41) is 15.8. The third-order valence-corrected chi connectivity index (χ3v) is 8.25. The zero-order chi connectivity index (χ0) is 31.9. The van der Waals surface area contributed by atoms with Gasteiger partial charge in [-0.25, -0.2) is 13.8 Å². The molecule has 2 aromatic carbocycles. The van der Waals surface area contributed by atoms with Crippen LogP contribution in [0.3, 0.4) is 0 Å². The zero-order valence-corrected chi connectivity index (χ0v) is 25.2. The van der Waals surface area contributed by atoms with E-state index in [-0.39, 0.29) is 18.2 Å². The fraction of sp³-hybridized carbons (Fsp3) is 0.379. The van der Waals surface area contributed by atoms with Crippen molar-refractivity contribution in [3.05, 3.63) is 89.0 Å². The SMILES string of the molecule is CCCOC(=O)[C@H](C)N[P@](=O)(OC[C@H]1O[C@@H](n2ccc(NC(=O)c3ccccc3)nc2=O)[C@](C)(F)[C@@H]1O)Oc1ccccc1. The highest BCUT2D eigenvalue weighted by molar-refractivity contribution is 7.52. The molecule has 1 amide bonds. The molecule has 1 aliphatic rings. The molecule has 0 saturated carbocycles. The molecule has 1 fully saturated rings. The van der Waals surface area contributed by atoms with E-state index in [0.29, 0.717) is 12.0 Å². The van der Waals surface area contributed by atoms with Gasteiger partial charge in [-0.2, -0.15) is 10.1 Å². The lowest BCUT2D eigenvalue weighted by molar-refractivity contribution is -0.145. The molecular weight excluding hydrogens is 598 g/mol. The lowest BCUT2D eigenvalue weighted by Crippen LogP contribution is -2.43. The summed E-state index contributed by atoms with van der Waals surface area (Å²) in [5.41, 5.74) is -3.14. The number of esters is 1. The first-order valence-electron chi connectivity index (χ1n) is 13.8. The van der Waals surface area contributed by atoms with Gasteiger partial charge in [-0.15, -0.1) is 0 Å². The van der Waals surface area contributed by atoms with Crippen molar-refractivity contribution in [2.75, 3.05) is 18.5 Å². The number of nitrogens with one attached hydrogen (secondary N) is 2. The van der Waals surface area contributed by atoms with Crippen LogP contribution in [-0.2, 0) is 23.4 Å². The van der Waals surface area contributed by atoms with E-state index in [1.807, 2.05) is 6.92 Å². The van der Waals surface area contributed by atoms with Gasteiger partial charge in [0, 0.05) is 11.8 Å². The van der Waals surface area contributed by atoms with E-state index >= 15 is 4.39 Å². The Hall–Kier alpha value is -3.94. The van der Waals surface area contributed by atoms with E-state index in [1.165, 1.54) is 31.3 Å². The van der Waals surface area contributed by atoms with E-state index in [1.54, 1.807) is 48.5 Å². The molecule has 15 heteroatoms. The topological polar surface area (TPSA) is 167 Å². The summed E-state index contributed by atoms with van der Waals surface area (Å²) in [6.45, 7) is 3.76. The van der Waals surface area contributed by atoms with Crippen LogP contribution in [0.25, 0.3) is 0 Å². The molecule has 4 rings (SSSR count). The molecule has 1 saturated heterocycles. The fourth-order valence-corrected chi connectivity index (χ4v) is 5.79. The Morgan fingerprint density at radius 1 is 1.16 bits per heavy atom. The van der Waals surface area contributed by atoms with Gasteiger partial charge in [-0.05, 0) is 50.6 Å². The van der Waals surface area contributed by atoms with Gasteiger partial charge in [0.2, 0.25) is 0 Å². The molecule has 236 valence electrons. The number of benzene rings is 2. The lowest BCUT2D eigenvalue weighted by atomic mass is 9.98. The minimum atomic E-state index is -4.34. The second-order valence-electron chi connectivity index (χ2n) is 10.2. The Morgan fingerprint density at radius 2 is 1.82 bits per heavy atom. The Balaban J connectivity index is 1.48. The first kappa shape index (κ1) is 33.0. The van der Waals surface area contributed by atoms with E-state index in [9.17, 15) is 24.1 Å². The molecule has 13 nitrogen and oxygen atoms in total. The summed E-state index contributed by atoms with van der Waals surface area (Å²) in [4.78, 5) is 41.4. The van der Waals surface area contributed by atoms with E-state index in [4.69, 9.17) is 18.5 Å². The van der Waals surface area contributed by atoms with Gasteiger partial charge in [0.05, 0.1) is 13.2 Å². The van der Waals surface area contributed by atoms with Crippen LogP contribution in [-0.4, -0.2) is 63.7 Å². The normalized spacial score (nSPS) is 23.3. The number of para-hydroxylation sites is 1.